The van der Waals surface area contributed by atoms with Crippen LogP contribution < -0.4 is 9.47 Å². The second-order valence-electron chi connectivity index (χ2n) is 5.57. The lowest BCUT2D eigenvalue weighted by molar-refractivity contribution is 0.213. The Balaban J connectivity index is 2.41. The first-order valence-electron chi connectivity index (χ1n) is 8.35. The number of benzene rings is 1. The summed E-state index contributed by atoms with van der Waals surface area (Å²) in [7, 11) is 1.57. The zero-order valence-electron chi connectivity index (χ0n) is 15.9. The summed E-state index contributed by atoms with van der Waals surface area (Å²) in [6, 6.07) is 4.03. The molecule has 0 spiro atoms. The molecule has 0 amide bonds. The highest BCUT2D eigenvalue weighted by molar-refractivity contribution is 8.00. The molecule has 1 rings (SSSR count). The molecule has 0 bridgehead atoms. The van der Waals surface area contributed by atoms with E-state index in [2.05, 4.69) is 11.2 Å². The molecular weight excluding hydrogens is 334 g/mol. The highest BCUT2D eigenvalue weighted by Crippen LogP contribution is 2.28. The molecule has 0 aliphatic carbocycles. The molecule has 0 aromatic heterocycles. The number of thioether (sulfide) groups is 1. The molecule has 0 N–H and O–H groups in total. The minimum atomic E-state index is 0.562. The summed E-state index contributed by atoms with van der Waals surface area (Å²) in [5.41, 5.74) is 3.16. The summed E-state index contributed by atoms with van der Waals surface area (Å²) in [5.74, 6) is 3.60. The van der Waals surface area contributed by atoms with E-state index in [4.69, 9.17) is 14.3 Å². The lowest BCUT2D eigenvalue weighted by atomic mass is 10.1. The number of oxime groups is 1. The molecule has 0 atom stereocenters. The number of ether oxygens (including phenoxy) is 2. The lowest BCUT2D eigenvalue weighted by Gasteiger charge is -2.13. The summed E-state index contributed by atoms with van der Waals surface area (Å²) in [5, 5.41) is 3.88. The minimum absolute atomic E-state index is 0.562. The van der Waals surface area contributed by atoms with Gasteiger partial charge in [0.25, 0.3) is 0 Å². The van der Waals surface area contributed by atoms with Crippen LogP contribution in [0.1, 0.15) is 25.0 Å². The SMILES string of the molecule is C/C=C/COc1cc(C)c(OC/C=C/CSCC(C)=NOC)c(C)c1. The van der Waals surface area contributed by atoms with Crippen LogP contribution in [0.4, 0.5) is 0 Å². The van der Waals surface area contributed by atoms with Gasteiger partial charge in [-0.1, -0.05) is 29.5 Å². The van der Waals surface area contributed by atoms with Crippen molar-refractivity contribution in [1.82, 2.24) is 0 Å². The Morgan fingerprint density at radius 1 is 1.08 bits per heavy atom. The number of rotatable bonds is 11. The van der Waals surface area contributed by atoms with Gasteiger partial charge in [-0.25, -0.2) is 0 Å². The summed E-state index contributed by atoms with van der Waals surface area (Å²) >= 11 is 1.79. The maximum absolute atomic E-state index is 5.91. The predicted molar refractivity (Wildman–Crippen MR) is 108 cm³/mol. The van der Waals surface area contributed by atoms with Crippen LogP contribution in [0.15, 0.2) is 41.6 Å². The van der Waals surface area contributed by atoms with Crippen molar-refractivity contribution in [3.05, 3.63) is 47.6 Å². The first-order valence-corrected chi connectivity index (χ1v) is 9.51. The number of nitrogens with zero attached hydrogens (tertiary/aromatic N) is 1. The van der Waals surface area contributed by atoms with Crippen molar-refractivity contribution in [2.45, 2.75) is 27.7 Å². The van der Waals surface area contributed by atoms with Gasteiger partial charge in [-0.05, 0) is 51.0 Å². The minimum Gasteiger partial charge on any atom is -0.490 e. The normalized spacial score (nSPS) is 12.1. The fourth-order valence-electron chi connectivity index (χ4n) is 2.19. The van der Waals surface area contributed by atoms with Gasteiger partial charge in [-0.3, -0.25) is 0 Å². The molecule has 0 saturated carbocycles. The van der Waals surface area contributed by atoms with E-state index in [1.165, 1.54) is 0 Å². The molecule has 1 aromatic carbocycles. The van der Waals surface area contributed by atoms with Crippen LogP contribution in [0.3, 0.4) is 0 Å². The highest BCUT2D eigenvalue weighted by atomic mass is 32.2. The fourth-order valence-corrected chi connectivity index (χ4v) is 2.92. The van der Waals surface area contributed by atoms with Gasteiger partial charge in [-0.2, -0.15) is 11.8 Å². The average molecular weight is 364 g/mol. The molecule has 0 radical (unpaired) electrons. The maximum atomic E-state index is 5.91. The van der Waals surface area contributed by atoms with Crippen LogP contribution in [-0.2, 0) is 4.84 Å². The van der Waals surface area contributed by atoms with Gasteiger partial charge >= 0.3 is 0 Å². The van der Waals surface area contributed by atoms with Crippen LogP contribution in [0, 0.1) is 13.8 Å². The van der Waals surface area contributed by atoms with Gasteiger partial charge in [0.05, 0.1) is 5.71 Å². The molecule has 4 nitrogen and oxygen atoms in total. The third kappa shape index (κ3) is 8.68. The quantitative estimate of drug-likeness (QED) is 0.241. The van der Waals surface area contributed by atoms with E-state index < -0.39 is 0 Å². The van der Waals surface area contributed by atoms with Crippen LogP contribution in [0.5, 0.6) is 11.5 Å². The van der Waals surface area contributed by atoms with E-state index in [0.29, 0.717) is 13.2 Å². The van der Waals surface area contributed by atoms with Crippen molar-refractivity contribution >= 4 is 17.5 Å². The van der Waals surface area contributed by atoms with Crippen molar-refractivity contribution in [2.24, 2.45) is 5.16 Å². The van der Waals surface area contributed by atoms with E-state index in [0.717, 1.165) is 39.8 Å². The summed E-state index contributed by atoms with van der Waals surface area (Å²) in [6.07, 6.45) is 8.13. The molecule has 25 heavy (non-hydrogen) atoms. The molecule has 0 heterocycles. The molecular formula is C20H29NO3S. The maximum Gasteiger partial charge on any atom is 0.125 e. The topological polar surface area (TPSA) is 40.0 Å². The van der Waals surface area contributed by atoms with E-state index >= 15 is 0 Å². The van der Waals surface area contributed by atoms with E-state index in [9.17, 15) is 0 Å². The second-order valence-corrected chi connectivity index (χ2v) is 6.60. The third-order valence-electron chi connectivity index (χ3n) is 3.28. The monoisotopic (exact) mass is 363 g/mol. The molecule has 0 unspecified atom stereocenters. The van der Waals surface area contributed by atoms with Crippen LogP contribution in [0.25, 0.3) is 0 Å². The zero-order valence-corrected chi connectivity index (χ0v) is 16.7. The Morgan fingerprint density at radius 2 is 1.76 bits per heavy atom. The standard InChI is InChI=1S/C20H29NO3S/c1-6-7-10-23-19-13-16(2)20(17(3)14-19)24-11-8-9-12-25-15-18(4)21-22-5/h6-9,13-14H,10-12,15H2,1-5H3/b7-6+,9-8+,21-18?. The van der Waals surface area contributed by atoms with Gasteiger partial charge in [-0.15, -0.1) is 0 Å². The lowest BCUT2D eigenvalue weighted by Crippen LogP contribution is -2.00. The van der Waals surface area contributed by atoms with Crippen LogP contribution in [-0.4, -0.2) is 37.5 Å². The number of hydrogen-bond acceptors (Lipinski definition) is 5. The van der Waals surface area contributed by atoms with Gasteiger partial charge in [0.15, 0.2) is 0 Å². The van der Waals surface area contributed by atoms with Gasteiger partial charge in [0, 0.05) is 11.5 Å². The van der Waals surface area contributed by atoms with E-state index in [-0.39, 0.29) is 0 Å². The van der Waals surface area contributed by atoms with Gasteiger partial charge in [0.1, 0.15) is 31.8 Å². The Kier molecular flexibility index (Phi) is 10.6. The van der Waals surface area contributed by atoms with Crippen molar-refractivity contribution in [1.29, 1.82) is 0 Å². The Morgan fingerprint density at radius 3 is 2.40 bits per heavy atom. The van der Waals surface area contributed by atoms with Gasteiger partial charge < -0.3 is 14.3 Å². The largest absolute Gasteiger partial charge is 0.490 e. The zero-order chi connectivity index (χ0) is 18.5. The van der Waals surface area contributed by atoms with Crippen molar-refractivity contribution in [3.63, 3.8) is 0 Å². The number of hydrogen-bond donors (Lipinski definition) is 0. The average Bonchev–Trinajstić information content (AvgIpc) is 2.56. The summed E-state index contributed by atoms with van der Waals surface area (Å²) in [4.78, 5) is 4.73. The molecule has 138 valence electrons. The Hall–Kier alpha value is -1.88. The smallest absolute Gasteiger partial charge is 0.125 e. The molecule has 0 aliphatic rings. The van der Waals surface area contributed by atoms with Crippen molar-refractivity contribution in [3.8, 4) is 11.5 Å². The molecule has 0 aliphatic heterocycles. The third-order valence-corrected chi connectivity index (χ3v) is 4.33. The van der Waals surface area contributed by atoms with Crippen molar-refractivity contribution in [2.75, 3.05) is 31.8 Å². The van der Waals surface area contributed by atoms with Crippen LogP contribution >= 0.6 is 11.8 Å². The summed E-state index contributed by atoms with van der Waals surface area (Å²) in [6.45, 7) is 9.18. The molecule has 1 aromatic rings. The molecule has 0 saturated heterocycles. The first-order chi connectivity index (χ1) is 12.1. The second kappa shape index (κ2) is 12.5. The van der Waals surface area contributed by atoms with Crippen molar-refractivity contribution < 1.29 is 14.3 Å². The fraction of sp³-hybridized carbons (Fsp3) is 0.450. The predicted octanol–water partition coefficient (Wildman–Crippen LogP) is 4.95. The van der Waals surface area contributed by atoms with Gasteiger partial charge in [0.2, 0.25) is 0 Å². The molecule has 5 heteroatoms. The number of aryl methyl sites for hydroxylation is 2. The number of allylic oxidation sites excluding steroid dienone is 1. The Bertz CT molecular complexity index is 586. The van der Waals surface area contributed by atoms with E-state index in [1.807, 2.05) is 58.1 Å². The van der Waals surface area contributed by atoms with Crippen LogP contribution in [0.2, 0.25) is 0 Å². The molecule has 0 fully saturated rings. The Labute approximate surface area is 155 Å². The highest BCUT2D eigenvalue weighted by Gasteiger charge is 2.06. The van der Waals surface area contributed by atoms with E-state index in [1.54, 1.807) is 18.9 Å². The summed E-state index contributed by atoms with van der Waals surface area (Å²) < 4.78 is 11.6. The first kappa shape index (κ1) is 21.2.